The van der Waals surface area contributed by atoms with Crippen LogP contribution in [0.25, 0.3) is 0 Å². The molecule has 0 aliphatic carbocycles. The second kappa shape index (κ2) is 6.29. The number of fused-ring (bicyclic) bond motifs is 2. The molecule has 0 N–H and O–H groups in total. The standard InChI is InChI=1S/C22H20O/c1-2-8-17(9-3-1)14-15-18-16-19-10-4-6-12-21(19)23-22-13-7-5-11-20(18)22/h1-13,18H,14-16H2. The lowest BCUT2D eigenvalue weighted by atomic mass is 9.87. The van der Waals surface area contributed by atoms with Crippen LogP contribution in [0, 0.1) is 0 Å². The summed E-state index contributed by atoms with van der Waals surface area (Å²) in [6.45, 7) is 0. The number of para-hydroxylation sites is 2. The second-order valence-electron chi connectivity index (χ2n) is 6.17. The molecule has 23 heavy (non-hydrogen) atoms. The van der Waals surface area contributed by atoms with E-state index >= 15 is 0 Å². The Morgan fingerprint density at radius 1 is 0.739 bits per heavy atom. The third kappa shape index (κ3) is 3.00. The van der Waals surface area contributed by atoms with E-state index in [2.05, 4.69) is 72.8 Å². The summed E-state index contributed by atoms with van der Waals surface area (Å²) < 4.78 is 6.18. The molecule has 1 nitrogen and oxygen atoms in total. The average molecular weight is 300 g/mol. The van der Waals surface area contributed by atoms with Crippen molar-refractivity contribution in [1.29, 1.82) is 0 Å². The normalized spacial score (nSPS) is 15.9. The largest absolute Gasteiger partial charge is 0.457 e. The predicted molar refractivity (Wildman–Crippen MR) is 94.2 cm³/mol. The molecule has 0 aromatic heterocycles. The van der Waals surface area contributed by atoms with Gasteiger partial charge in [-0.2, -0.15) is 0 Å². The minimum atomic E-state index is 0.495. The van der Waals surface area contributed by atoms with Gasteiger partial charge in [-0.3, -0.25) is 0 Å². The van der Waals surface area contributed by atoms with Crippen molar-refractivity contribution in [2.24, 2.45) is 0 Å². The molecule has 0 saturated heterocycles. The van der Waals surface area contributed by atoms with E-state index in [1.54, 1.807) is 0 Å². The molecule has 1 aliphatic rings. The molecular weight excluding hydrogens is 280 g/mol. The molecule has 0 radical (unpaired) electrons. The summed E-state index contributed by atoms with van der Waals surface area (Å²) in [5.74, 6) is 2.51. The first kappa shape index (κ1) is 14.1. The lowest BCUT2D eigenvalue weighted by Crippen LogP contribution is -2.04. The van der Waals surface area contributed by atoms with Gasteiger partial charge in [0.2, 0.25) is 0 Å². The highest BCUT2D eigenvalue weighted by atomic mass is 16.5. The van der Waals surface area contributed by atoms with E-state index in [0.717, 1.165) is 30.8 Å². The van der Waals surface area contributed by atoms with Crippen LogP contribution in [0.3, 0.4) is 0 Å². The van der Waals surface area contributed by atoms with Crippen LogP contribution in [0.5, 0.6) is 11.5 Å². The molecule has 1 atom stereocenters. The van der Waals surface area contributed by atoms with Crippen molar-refractivity contribution in [3.63, 3.8) is 0 Å². The molecule has 1 aliphatic heterocycles. The zero-order valence-electron chi connectivity index (χ0n) is 13.1. The zero-order valence-corrected chi connectivity index (χ0v) is 13.1. The van der Waals surface area contributed by atoms with Crippen LogP contribution in [0.2, 0.25) is 0 Å². The molecule has 1 heteroatoms. The van der Waals surface area contributed by atoms with Crippen LogP contribution in [-0.4, -0.2) is 0 Å². The topological polar surface area (TPSA) is 9.23 Å². The summed E-state index contributed by atoms with van der Waals surface area (Å²) in [5.41, 5.74) is 4.05. The summed E-state index contributed by atoms with van der Waals surface area (Å²) in [6, 6.07) is 27.7. The Bertz CT molecular complexity index is 792. The number of aryl methyl sites for hydroxylation is 1. The molecule has 0 amide bonds. The van der Waals surface area contributed by atoms with Crippen molar-refractivity contribution in [2.45, 2.75) is 25.2 Å². The van der Waals surface area contributed by atoms with Gasteiger partial charge in [0.25, 0.3) is 0 Å². The van der Waals surface area contributed by atoms with Crippen molar-refractivity contribution in [3.05, 3.63) is 95.6 Å². The molecule has 3 aromatic rings. The zero-order chi connectivity index (χ0) is 15.5. The maximum absolute atomic E-state index is 6.18. The van der Waals surface area contributed by atoms with Crippen molar-refractivity contribution in [3.8, 4) is 11.5 Å². The Kier molecular flexibility index (Phi) is 3.85. The fourth-order valence-electron chi connectivity index (χ4n) is 3.42. The molecule has 1 unspecified atom stereocenters. The Balaban J connectivity index is 1.65. The lowest BCUT2D eigenvalue weighted by Gasteiger charge is -2.16. The summed E-state index contributed by atoms with van der Waals surface area (Å²) in [4.78, 5) is 0. The van der Waals surface area contributed by atoms with Gasteiger partial charge in [-0.25, -0.2) is 0 Å². The molecule has 0 bridgehead atoms. The Morgan fingerprint density at radius 3 is 2.30 bits per heavy atom. The third-order valence-electron chi connectivity index (χ3n) is 4.64. The first-order chi connectivity index (χ1) is 11.4. The molecule has 114 valence electrons. The quantitative estimate of drug-likeness (QED) is 0.598. The van der Waals surface area contributed by atoms with Crippen LogP contribution in [0.1, 0.15) is 29.0 Å². The van der Waals surface area contributed by atoms with Gasteiger partial charge >= 0.3 is 0 Å². The number of hydrogen-bond acceptors (Lipinski definition) is 1. The van der Waals surface area contributed by atoms with Gasteiger partial charge in [-0.05, 0) is 54.0 Å². The van der Waals surface area contributed by atoms with Gasteiger partial charge in [0, 0.05) is 0 Å². The van der Waals surface area contributed by atoms with Gasteiger partial charge in [0.1, 0.15) is 11.5 Å². The Hall–Kier alpha value is -2.54. The Labute approximate surface area is 137 Å². The number of rotatable bonds is 3. The number of benzene rings is 3. The van der Waals surface area contributed by atoms with Crippen molar-refractivity contribution in [1.82, 2.24) is 0 Å². The fraction of sp³-hybridized carbons (Fsp3) is 0.182. The maximum atomic E-state index is 6.18. The summed E-state index contributed by atoms with van der Waals surface area (Å²) >= 11 is 0. The first-order valence-electron chi connectivity index (χ1n) is 8.29. The molecule has 3 aromatic carbocycles. The van der Waals surface area contributed by atoms with Crippen LogP contribution in [0.4, 0.5) is 0 Å². The van der Waals surface area contributed by atoms with Crippen LogP contribution < -0.4 is 4.74 Å². The van der Waals surface area contributed by atoms with Gasteiger partial charge in [-0.1, -0.05) is 66.7 Å². The summed E-state index contributed by atoms with van der Waals surface area (Å²) in [6.07, 6.45) is 3.28. The van der Waals surface area contributed by atoms with Crippen LogP contribution >= 0.6 is 0 Å². The third-order valence-corrected chi connectivity index (χ3v) is 4.64. The SMILES string of the molecule is c1ccc(CCC2Cc3ccccc3Oc3ccccc32)cc1. The van der Waals surface area contributed by atoms with E-state index < -0.39 is 0 Å². The van der Waals surface area contributed by atoms with E-state index in [0.29, 0.717) is 5.92 Å². The smallest absolute Gasteiger partial charge is 0.130 e. The molecule has 4 rings (SSSR count). The highest BCUT2D eigenvalue weighted by molar-refractivity contribution is 5.47. The van der Waals surface area contributed by atoms with Gasteiger partial charge in [0.05, 0.1) is 0 Å². The highest BCUT2D eigenvalue weighted by Gasteiger charge is 2.22. The maximum Gasteiger partial charge on any atom is 0.130 e. The van der Waals surface area contributed by atoms with E-state index in [1.807, 2.05) is 6.07 Å². The number of hydrogen-bond donors (Lipinski definition) is 0. The Morgan fingerprint density at radius 2 is 1.43 bits per heavy atom. The monoisotopic (exact) mass is 300 g/mol. The predicted octanol–water partition coefficient (Wildman–Crippen LogP) is 5.75. The van der Waals surface area contributed by atoms with Crippen LogP contribution in [0.15, 0.2) is 78.9 Å². The molecular formula is C22H20O. The highest BCUT2D eigenvalue weighted by Crippen LogP contribution is 2.40. The average Bonchev–Trinajstić information content (AvgIpc) is 2.77. The van der Waals surface area contributed by atoms with E-state index in [-0.39, 0.29) is 0 Å². The van der Waals surface area contributed by atoms with Crippen LogP contribution in [-0.2, 0) is 12.8 Å². The summed E-state index contributed by atoms with van der Waals surface area (Å²) in [5, 5.41) is 0. The fourth-order valence-corrected chi connectivity index (χ4v) is 3.42. The lowest BCUT2D eigenvalue weighted by molar-refractivity contribution is 0.477. The molecule has 1 heterocycles. The van der Waals surface area contributed by atoms with Crippen molar-refractivity contribution >= 4 is 0 Å². The first-order valence-corrected chi connectivity index (χ1v) is 8.29. The van der Waals surface area contributed by atoms with E-state index in [9.17, 15) is 0 Å². The molecule has 0 fully saturated rings. The molecule has 0 spiro atoms. The van der Waals surface area contributed by atoms with E-state index in [1.165, 1.54) is 16.7 Å². The van der Waals surface area contributed by atoms with Gasteiger partial charge in [-0.15, -0.1) is 0 Å². The van der Waals surface area contributed by atoms with Gasteiger partial charge in [0.15, 0.2) is 0 Å². The van der Waals surface area contributed by atoms with Crippen molar-refractivity contribution < 1.29 is 4.74 Å². The molecule has 0 saturated carbocycles. The summed E-state index contributed by atoms with van der Waals surface area (Å²) in [7, 11) is 0. The second-order valence-corrected chi connectivity index (χ2v) is 6.17. The van der Waals surface area contributed by atoms with Crippen molar-refractivity contribution in [2.75, 3.05) is 0 Å². The minimum Gasteiger partial charge on any atom is -0.457 e. The van der Waals surface area contributed by atoms with E-state index in [4.69, 9.17) is 4.74 Å². The van der Waals surface area contributed by atoms with Gasteiger partial charge < -0.3 is 4.74 Å². The minimum absolute atomic E-state index is 0.495. The number of ether oxygens (including phenoxy) is 1.